The molecule has 0 unspecified atom stereocenters. The Kier molecular flexibility index (Phi) is 4.07. The van der Waals surface area contributed by atoms with E-state index in [1.165, 1.54) is 10.9 Å². The molecule has 0 bridgehead atoms. The van der Waals surface area contributed by atoms with Gasteiger partial charge >= 0.3 is 5.97 Å². The zero-order valence-corrected chi connectivity index (χ0v) is 10.3. The van der Waals surface area contributed by atoms with E-state index in [4.69, 9.17) is 5.73 Å². The fraction of sp³-hybridized carbons (Fsp3) is 0.500. The number of esters is 1. The van der Waals surface area contributed by atoms with Crippen LogP contribution in [-0.4, -0.2) is 37.0 Å². The molecule has 0 saturated carbocycles. The molecule has 3 N–H and O–H groups in total. The summed E-state index contributed by atoms with van der Waals surface area (Å²) in [5, 5.41) is 3.86. The number of sulfonamides is 1. The molecule has 9 heteroatoms. The maximum atomic E-state index is 11.4. The van der Waals surface area contributed by atoms with Gasteiger partial charge in [-0.3, -0.25) is 9.48 Å². The monoisotopic (exact) mass is 262 g/mol. The topological polar surface area (TPSA) is 116 Å². The van der Waals surface area contributed by atoms with Crippen LogP contribution < -0.4 is 10.5 Å². The Morgan fingerprint density at radius 2 is 2.29 bits per heavy atom. The molecule has 17 heavy (non-hydrogen) atoms. The highest BCUT2D eigenvalue weighted by Gasteiger charge is 2.17. The van der Waals surface area contributed by atoms with Gasteiger partial charge in [0.2, 0.25) is 10.0 Å². The standard InChI is InChI=1S/C8H14N4O4S/c1-12-8(9)6(3-10-12)4-11-17(14,15)5-7(13)16-2/h3,11H,4-5,9H2,1-2H3. The highest BCUT2D eigenvalue weighted by Crippen LogP contribution is 2.08. The maximum absolute atomic E-state index is 11.4. The van der Waals surface area contributed by atoms with Gasteiger partial charge in [-0.05, 0) is 0 Å². The molecule has 1 heterocycles. The van der Waals surface area contributed by atoms with Crippen molar-refractivity contribution in [3.63, 3.8) is 0 Å². The van der Waals surface area contributed by atoms with Crippen molar-refractivity contribution in [3.8, 4) is 0 Å². The number of hydrogen-bond donors (Lipinski definition) is 2. The molecule has 1 aromatic heterocycles. The molecule has 0 atom stereocenters. The number of nitrogens with one attached hydrogen (secondary N) is 1. The van der Waals surface area contributed by atoms with Crippen LogP contribution in [0.2, 0.25) is 0 Å². The molecule has 0 amide bonds. The van der Waals surface area contributed by atoms with Gasteiger partial charge in [0, 0.05) is 19.2 Å². The molecular formula is C8H14N4O4S. The molecule has 0 spiro atoms. The SMILES string of the molecule is COC(=O)CS(=O)(=O)NCc1cnn(C)c1N. The second-order valence-corrected chi connectivity index (χ2v) is 5.14. The van der Waals surface area contributed by atoms with E-state index in [-0.39, 0.29) is 6.54 Å². The molecule has 1 rings (SSSR count). The van der Waals surface area contributed by atoms with Gasteiger partial charge in [0.05, 0.1) is 13.3 Å². The van der Waals surface area contributed by atoms with E-state index in [1.54, 1.807) is 7.05 Å². The van der Waals surface area contributed by atoms with E-state index in [9.17, 15) is 13.2 Å². The molecule has 1 aromatic rings. The van der Waals surface area contributed by atoms with E-state index in [0.29, 0.717) is 11.4 Å². The first-order valence-corrected chi connectivity index (χ1v) is 6.31. The highest BCUT2D eigenvalue weighted by atomic mass is 32.2. The first kappa shape index (κ1) is 13.5. The lowest BCUT2D eigenvalue weighted by molar-refractivity contribution is -0.137. The molecule has 96 valence electrons. The Morgan fingerprint density at radius 3 is 2.76 bits per heavy atom. The number of aryl methyl sites for hydroxylation is 1. The Hall–Kier alpha value is -1.61. The van der Waals surface area contributed by atoms with Crippen LogP contribution in [0.1, 0.15) is 5.56 Å². The van der Waals surface area contributed by atoms with Crippen LogP contribution in [0.3, 0.4) is 0 Å². The van der Waals surface area contributed by atoms with Gasteiger partial charge in [0.15, 0.2) is 5.75 Å². The lowest BCUT2D eigenvalue weighted by atomic mass is 10.3. The lowest BCUT2D eigenvalue weighted by Gasteiger charge is -2.05. The summed E-state index contributed by atoms with van der Waals surface area (Å²) in [4.78, 5) is 10.8. The van der Waals surface area contributed by atoms with Crippen molar-refractivity contribution in [1.29, 1.82) is 0 Å². The van der Waals surface area contributed by atoms with E-state index in [1.807, 2.05) is 0 Å². The van der Waals surface area contributed by atoms with Crippen LogP contribution in [0.5, 0.6) is 0 Å². The van der Waals surface area contributed by atoms with Crippen molar-refractivity contribution in [3.05, 3.63) is 11.8 Å². The average Bonchev–Trinajstić information content (AvgIpc) is 2.56. The zero-order valence-electron chi connectivity index (χ0n) is 9.50. The zero-order chi connectivity index (χ0) is 13.1. The Morgan fingerprint density at radius 1 is 1.65 bits per heavy atom. The van der Waals surface area contributed by atoms with Gasteiger partial charge < -0.3 is 10.5 Å². The van der Waals surface area contributed by atoms with Crippen LogP contribution in [0.25, 0.3) is 0 Å². The summed E-state index contributed by atoms with van der Waals surface area (Å²) in [6.07, 6.45) is 1.45. The number of carbonyl (C=O) groups is 1. The second kappa shape index (κ2) is 5.15. The minimum absolute atomic E-state index is 0.0149. The van der Waals surface area contributed by atoms with Crippen LogP contribution >= 0.6 is 0 Å². The third-order valence-electron chi connectivity index (χ3n) is 2.08. The minimum Gasteiger partial charge on any atom is -0.468 e. The molecule has 0 aliphatic heterocycles. The van der Waals surface area contributed by atoms with Gasteiger partial charge in [-0.25, -0.2) is 13.1 Å². The number of nitrogens with zero attached hydrogens (tertiary/aromatic N) is 2. The smallest absolute Gasteiger partial charge is 0.322 e. The largest absolute Gasteiger partial charge is 0.468 e. The number of hydrogen-bond acceptors (Lipinski definition) is 6. The van der Waals surface area contributed by atoms with Crippen LogP contribution in [0, 0.1) is 0 Å². The summed E-state index contributed by atoms with van der Waals surface area (Å²) in [5.41, 5.74) is 6.18. The fourth-order valence-electron chi connectivity index (χ4n) is 1.08. The molecule has 8 nitrogen and oxygen atoms in total. The number of nitrogen functional groups attached to an aromatic ring is 1. The quantitative estimate of drug-likeness (QED) is 0.630. The second-order valence-electron chi connectivity index (χ2n) is 3.33. The third kappa shape index (κ3) is 3.71. The summed E-state index contributed by atoms with van der Waals surface area (Å²) >= 11 is 0. The molecule has 0 aromatic carbocycles. The van der Waals surface area contributed by atoms with Crippen LogP contribution in [-0.2, 0) is 33.1 Å². The molecule has 0 fully saturated rings. The maximum Gasteiger partial charge on any atom is 0.322 e. The van der Waals surface area contributed by atoms with Gasteiger partial charge in [0.1, 0.15) is 5.82 Å². The van der Waals surface area contributed by atoms with E-state index >= 15 is 0 Å². The van der Waals surface area contributed by atoms with Crippen LogP contribution in [0.15, 0.2) is 6.20 Å². The summed E-state index contributed by atoms with van der Waals surface area (Å²) < 4.78 is 30.7. The Labute approximate surface area is 98.8 Å². The summed E-state index contributed by atoms with van der Waals surface area (Å²) in [7, 11) is -0.953. The van der Waals surface area contributed by atoms with Crippen molar-refractivity contribution < 1.29 is 17.9 Å². The molecular weight excluding hydrogens is 248 g/mol. The molecule has 0 aliphatic carbocycles. The highest BCUT2D eigenvalue weighted by molar-refractivity contribution is 7.90. The lowest BCUT2D eigenvalue weighted by Crippen LogP contribution is -2.30. The van der Waals surface area contributed by atoms with Crippen molar-refractivity contribution in [2.45, 2.75) is 6.54 Å². The number of ether oxygens (including phenoxy) is 1. The Bertz CT molecular complexity index is 508. The van der Waals surface area contributed by atoms with Gasteiger partial charge in [-0.2, -0.15) is 5.10 Å². The number of methoxy groups -OCH3 is 1. The van der Waals surface area contributed by atoms with Crippen molar-refractivity contribution in [1.82, 2.24) is 14.5 Å². The van der Waals surface area contributed by atoms with E-state index < -0.39 is 21.7 Å². The number of rotatable bonds is 5. The fourth-order valence-corrected chi connectivity index (χ4v) is 1.99. The summed E-state index contributed by atoms with van der Waals surface area (Å²) in [6, 6.07) is 0. The first-order chi connectivity index (χ1) is 7.85. The predicted molar refractivity (Wildman–Crippen MR) is 60.3 cm³/mol. The number of anilines is 1. The average molecular weight is 262 g/mol. The third-order valence-corrected chi connectivity index (χ3v) is 3.28. The number of carbonyl (C=O) groups excluding carboxylic acids is 1. The normalized spacial score (nSPS) is 11.4. The number of nitrogens with two attached hydrogens (primary N) is 1. The van der Waals surface area contributed by atoms with Crippen LogP contribution in [0.4, 0.5) is 5.82 Å². The molecule has 0 saturated heterocycles. The number of aromatic nitrogens is 2. The summed E-state index contributed by atoms with van der Waals surface area (Å²) in [6.45, 7) is -0.0149. The van der Waals surface area contributed by atoms with Gasteiger partial charge in [-0.15, -0.1) is 0 Å². The van der Waals surface area contributed by atoms with E-state index in [2.05, 4.69) is 14.6 Å². The van der Waals surface area contributed by atoms with Crippen molar-refractivity contribution >= 4 is 21.8 Å². The van der Waals surface area contributed by atoms with E-state index in [0.717, 1.165) is 7.11 Å². The summed E-state index contributed by atoms with van der Waals surface area (Å²) in [5.74, 6) is -1.17. The first-order valence-electron chi connectivity index (χ1n) is 4.66. The molecule has 0 radical (unpaired) electrons. The van der Waals surface area contributed by atoms with Crippen molar-refractivity contribution in [2.24, 2.45) is 7.05 Å². The van der Waals surface area contributed by atoms with Gasteiger partial charge in [0.25, 0.3) is 0 Å². The van der Waals surface area contributed by atoms with Crippen molar-refractivity contribution in [2.75, 3.05) is 18.6 Å². The molecule has 0 aliphatic rings. The van der Waals surface area contributed by atoms with Gasteiger partial charge in [-0.1, -0.05) is 0 Å². The Balaban J connectivity index is 2.62. The minimum atomic E-state index is -3.72. The predicted octanol–water partition coefficient (Wildman–Crippen LogP) is -1.41.